The average molecular weight is 360 g/mol. The van der Waals surface area contributed by atoms with E-state index in [1.165, 1.54) is 7.11 Å². The number of hydrogen-bond donors (Lipinski definition) is 0. The number of esters is 1. The lowest BCUT2D eigenvalue weighted by Gasteiger charge is -2.34. The van der Waals surface area contributed by atoms with Gasteiger partial charge in [0, 0.05) is 5.69 Å². The van der Waals surface area contributed by atoms with E-state index >= 15 is 0 Å². The van der Waals surface area contributed by atoms with Gasteiger partial charge in [-0.1, -0.05) is 58.2 Å². The molecule has 0 aromatic heterocycles. The second-order valence-electron chi connectivity index (χ2n) is 7.49. The van der Waals surface area contributed by atoms with Crippen molar-refractivity contribution < 1.29 is 14.3 Å². The molecule has 1 aromatic rings. The minimum Gasteiger partial charge on any atom is -0.468 e. The van der Waals surface area contributed by atoms with Gasteiger partial charge >= 0.3 is 5.97 Å². The lowest BCUT2D eigenvalue weighted by Crippen LogP contribution is -2.51. The summed E-state index contributed by atoms with van der Waals surface area (Å²) < 4.78 is 5.06. The van der Waals surface area contributed by atoms with Crippen molar-refractivity contribution in [3.8, 4) is 0 Å². The fraction of sp³-hybridized carbons (Fsp3) is 0.619. The molecule has 0 bridgehead atoms. The van der Waals surface area contributed by atoms with Crippen LogP contribution in [-0.4, -0.2) is 42.6 Å². The maximum Gasteiger partial charge on any atom is 0.323 e. The normalized spacial score (nSPS) is 19.5. The summed E-state index contributed by atoms with van der Waals surface area (Å²) in [4.78, 5) is 29.7. The van der Waals surface area contributed by atoms with Gasteiger partial charge in [-0.3, -0.25) is 19.4 Å². The van der Waals surface area contributed by atoms with Gasteiger partial charge in [0.15, 0.2) is 0 Å². The van der Waals surface area contributed by atoms with Gasteiger partial charge in [-0.2, -0.15) is 0 Å². The van der Waals surface area contributed by atoms with E-state index in [1.807, 2.05) is 45.0 Å². The number of nitrogens with zero attached hydrogens (tertiary/aromatic N) is 2. The zero-order valence-electron chi connectivity index (χ0n) is 16.9. The van der Waals surface area contributed by atoms with Crippen molar-refractivity contribution in [2.75, 3.05) is 18.7 Å². The summed E-state index contributed by atoms with van der Waals surface area (Å²) in [6.07, 6.45) is 1.80. The molecule has 144 valence electrons. The van der Waals surface area contributed by atoms with Crippen LogP contribution in [0.1, 0.15) is 46.1 Å². The average Bonchev–Trinajstić information content (AvgIpc) is 2.94. The van der Waals surface area contributed by atoms with Crippen LogP contribution in [0.2, 0.25) is 0 Å². The number of ether oxygens (including phenoxy) is 1. The third kappa shape index (κ3) is 3.93. The molecular weight excluding hydrogens is 328 g/mol. The Morgan fingerprint density at radius 3 is 2.23 bits per heavy atom. The van der Waals surface area contributed by atoms with Gasteiger partial charge in [0.1, 0.15) is 6.04 Å². The number of amides is 1. The predicted molar refractivity (Wildman–Crippen MR) is 104 cm³/mol. The van der Waals surface area contributed by atoms with Crippen molar-refractivity contribution in [1.29, 1.82) is 0 Å². The molecule has 1 aliphatic heterocycles. The molecule has 1 amide bonds. The first-order chi connectivity index (χ1) is 12.3. The van der Waals surface area contributed by atoms with Crippen molar-refractivity contribution in [3.05, 3.63) is 29.8 Å². The summed E-state index contributed by atoms with van der Waals surface area (Å²) in [5.74, 6) is 0.0838. The molecule has 5 nitrogen and oxygen atoms in total. The highest BCUT2D eigenvalue weighted by molar-refractivity contribution is 6.00. The maximum atomic E-state index is 13.3. The molecule has 0 N–H and O–H groups in total. The summed E-state index contributed by atoms with van der Waals surface area (Å²) in [5, 5.41) is 0. The number of hydrogen-bond acceptors (Lipinski definition) is 4. The molecule has 1 heterocycles. The van der Waals surface area contributed by atoms with Crippen molar-refractivity contribution in [2.24, 2.45) is 11.8 Å². The van der Waals surface area contributed by atoms with Crippen molar-refractivity contribution >= 4 is 17.6 Å². The predicted octanol–water partition coefficient (Wildman–Crippen LogP) is 3.60. The standard InChI is InChI=1S/C21H32N2O3/c1-7-16(8-2)19-20(24)22(17-11-9-15(5)10-12-17)13-23(19)18(14(3)4)21(25)26-6/h9-12,14,16,18-19H,7-8,13H2,1-6H3/t18-,19+/m0/s1. The van der Waals surface area contributed by atoms with E-state index in [0.29, 0.717) is 6.67 Å². The SMILES string of the molecule is CCC(CC)[C@@H]1C(=O)N(c2ccc(C)cc2)CN1[C@H](C(=O)OC)C(C)C. The van der Waals surface area contributed by atoms with Crippen LogP contribution in [-0.2, 0) is 14.3 Å². The Morgan fingerprint density at radius 2 is 1.77 bits per heavy atom. The number of anilines is 1. The highest BCUT2D eigenvalue weighted by Crippen LogP contribution is 2.33. The molecule has 1 aromatic carbocycles. The Bertz CT molecular complexity index is 623. The highest BCUT2D eigenvalue weighted by Gasteiger charge is 2.48. The van der Waals surface area contributed by atoms with Crippen LogP contribution >= 0.6 is 0 Å². The topological polar surface area (TPSA) is 49.9 Å². The molecule has 5 heteroatoms. The van der Waals surface area contributed by atoms with Crippen LogP contribution in [0.15, 0.2) is 24.3 Å². The van der Waals surface area contributed by atoms with Gasteiger partial charge in [-0.25, -0.2) is 0 Å². The molecule has 0 aliphatic carbocycles. The molecule has 1 fully saturated rings. The number of methoxy groups -OCH3 is 1. The van der Waals surface area contributed by atoms with Crippen LogP contribution in [0, 0.1) is 18.8 Å². The van der Waals surface area contributed by atoms with Gasteiger partial charge in [0.25, 0.3) is 0 Å². The summed E-state index contributed by atoms with van der Waals surface area (Å²) in [7, 11) is 1.42. The second-order valence-corrected chi connectivity index (χ2v) is 7.49. The first-order valence-corrected chi connectivity index (χ1v) is 9.57. The molecule has 2 atom stereocenters. The van der Waals surface area contributed by atoms with Gasteiger partial charge in [-0.05, 0) is 30.9 Å². The van der Waals surface area contributed by atoms with Crippen LogP contribution < -0.4 is 4.90 Å². The number of aryl methyl sites for hydroxylation is 1. The van der Waals surface area contributed by atoms with E-state index in [-0.39, 0.29) is 29.8 Å². The smallest absolute Gasteiger partial charge is 0.323 e. The zero-order valence-corrected chi connectivity index (χ0v) is 16.9. The van der Waals surface area contributed by atoms with Gasteiger partial charge in [0.2, 0.25) is 5.91 Å². The number of carbonyl (C=O) groups excluding carboxylic acids is 2. The third-order valence-corrected chi connectivity index (χ3v) is 5.45. The Hall–Kier alpha value is -1.88. The Kier molecular flexibility index (Phi) is 6.81. The molecule has 0 spiro atoms. The van der Waals surface area contributed by atoms with E-state index in [2.05, 4.69) is 18.7 Å². The lowest BCUT2D eigenvalue weighted by molar-refractivity contribution is -0.150. The van der Waals surface area contributed by atoms with Gasteiger partial charge < -0.3 is 4.74 Å². The molecule has 0 unspecified atom stereocenters. The van der Waals surface area contributed by atoms with E-state index in [4.69, 9.17) is 4.74 Å². The molecule has 1 saturated heterocycles. The van der Waals surface area contributed by atoms with E-state index in [1.54, 1.807) is 4.90 Å². The van der Waals surface area contributed by atoms with E-state index in [9.17, 15) is 9.59 Å². The first kappa shape index (κ1) is 20.4. The number of benzene rings is 1. The van der Waals surface area contributed by atoms with E-state index < -0.39 is 6.04 Å². The molecule has 0 radical (unpaired) electrons. The molecule has 0 saturated carbocycles. The molecule has 2 rings (SSSR count). The van der Waals surface area contributed by atoms with Crippen LogP contribution in [0.25, 0.3) is 0 Å². The summed E-state index contributed by atoms with van der Waals surface area (Å²) in [6, 6.07) is 7.25. The van der Waals surface area contributed by atoms with Crippen molar-refractivity contribution in [1.82, 2.24) is 4.90 Å². The fourth-order valence-electron chi connectivity index (χ4n) is 3.94. The zero-order chi connectivity index (χ0) is 19.4. The molecule has 1 aliphatic rings. The summed E-state index contributed by atoms with van der Waals surface area (Å²) in [5.41, 5.74) is 2.04. The fourth-order valence-corrected chi connectivity index (χ4v) is 3.94. The minimum atomic E-state index is -0.426. The third-order valence-electron chi connectivity index (χ3n) is 5.45. The lowest BCUT2D eigenvalue weighted by atomic mass is 9.90. The maximum absolute atomic E-state index is 13.3. The van der Waals surface area contributed by atoms with Gasteiger partial charge in [-0.15, -0.1) is 0 Å². The quantitative estimate of drug-likeness (QED) is 0.697. The monoisotopic (exact) mass is 360 g/mol. The molecule has 26 heavy (non-hydrogen) atoms. The van der Waals surface area contributed by atoms with Gasteiger partial charge in [0.05, 0.1) is 19.8 Å². The Labute approximate surface area is 157 Å². The second kappa shape index (κ2) is 8.67. The minimum absolute atomic E-state index is 0.0603. The Morgan fingerprint density at radius 1 is 1.19 bits per heavy atom. The highest BCUT2D eigenvalue weighted by atomic mass is 16.5. The summed E-state index contributed by atoms with van der Waals surface area (Å²) in [6.45, 7) is 10.7. The van der Waals surface area contributed by atoms with Crippen LogP contribution in [0.5, 0.6) is 0 Å². The van der Waals surface area contributed by atoms with Crippen LogP contribution in [0.3, 0.4) is 0 Å². The van der Waals surface area contributed by atoms with Crippen LogP contribution in [0.4, 0.5) is 5.69 Å². The number of rotatable bonds is 7. The number of carbonyl (C=O) groups is 2. The van der Waals surface area contributed by atoms with Crippen molar-refractivity contribution in [3.63, 3.8) is 0 Å². The largest absolute Gasteiger partial charge is 0.468 e. The van der Waals surface area contributed by atoms with Crippen molar-refractivity contribution in [2.45, 2.75) is 59.5 Å². The molecular formula is C21H32N2O3. The summed E-state index contributed by atoms with van der Waals surface area (Å²) >= 11 is 0. The first-order valence-electron chi connectivity index (χ1n) is 9.57. The van der Waals surface area contributed by atoms with E-state index in [0.717, 1.165) is 24.1 Å². The Balaban J connectivity index is 2.44.